The zero-order chi connectivity index (χ0) is 19.0. The van der Waals surface area contributed by atoms with Crippen LogP contribution in [-0.4, -0.2) is 84.4 Å². The fraction of sp³-hybridized carbons (Fsp3) is 0.737. The van der Waals surface area contributed by atoms with E-state index in [1.165, 1.54) is 11.3 Å². The van der Waals surface area contributed by atoms with Gasteiger partial charge in [-0.1, -0.05) is 0 Å². The Morgan fingerprint density at radius 3 is 2.70 bits per heavy atom. The van der Waals surface area contributed by atoms with Crippen LogP contribution in [0.25, 0.3) is 0 Å². The maximum atomic E-state index is 12.7. The highest BCUT2D eigenvalue weighted by atomic mass is 32.1. The molecule has 4 rings (SSSR count). The topological polar surface area (TPSA) is 68.8 Å². The molecule has 27 heavy (non-hydrogen) atoms. The summed E-state index contributed by atoms with van der Waals surface area (Å²) in [6, 6.07) is 0.370. The number of rotatable bonds is 3. The van der Waals surface area contributed by atoms with Crippen LogP contribution < -0.4 is 5.32 Å². The summed E-state index contributed by atoms with van der Waals surface area (Å²) >= 11 is 1.46. The van der Waals surface area contributed by atoms with Gasteiger partial charge < -0.3 is 20.0 Å². The van der Waals surface area contributed by atoms with Crippen LogP contribution in [0.4, 0.5) is 5.13 Å². The fourth-order valence-electron chi connectivity index (χ4n) is 4.78. The first kappa shape index (κ1) is 18.7. The number of aromatic nitrogens is 1. The molecule has 1 aromatic rings. The molecule has 4 heterocycles. The van der Waals surface area contributed by atoms with Gasteiger partial charge in [0.1, 0.15) is 5.69 Å². The van der Waals surface area contributed by atoms with Gasteiger partial charge in [0.25, 0.3) is 5.91 Å². The summed E-state index contributed by atoms with van der Waals surface area (Å²) in [5, 5.41) is 5.59. The van der Waals surface area contributed by atoms with Crippen molar-refractivity contribution in [3.63, 3.8) is 0 Å². The van der Waals surface area contributed by atoms with Crippen molar-refractivity contribution in [2.24, 2.45) is 5.41 Å². The predicted molar refractivity (Wildman–Crippen MR) is 106 cm³/mol. The first-order valence-electron chi connectivity index (χ1n) is 9.90. The van der Waals surface area contributed by atoms with Crippen LogP contribution in [0.2, 0.25) is 0 Å². The van der Waals surface area contributed by atoms with E-state index in [0.29, 0.717) is 24.1 Å². The van der Waals surface area contributed by atoms with Gasteiger partial charge in [-0.2, -0.15) is 0 Å². The highest BCUT2D eigenvalue weighted by Gasteiger charge is 2.44. The van der Waals surface area contributed by atoms with Crippen LogP contribution in [0.5, 0.6) is 0 Å². The van der Waals surface area contributed by atoms with Crippen LogP contribution in [0.3, 0.4) is 0 Å². The number of carbonyl (C=O) groups excluding carboxylic acids is 2. The summed E-state index contributed by atoms with van der Waals surface area (Å²) in [6.07, 6.45) is 4.67. The molecule has 0 aliphatic carbocycles. The molecule has 3 aliphatic heterocycles. The molecule has 3 saturated heterocycles. The summed E-state index contributed by atoms with van der Waals surface area (Å²) in [4.78, 5) is 36.0. The summed E-state index contributed by atoms with van der Waals surface area (Å²) in [6.45, 7) is 4.46. The molecule has 0 unspecified atom stereocenters. The lowest BCUT2D eigenvalue weighted by Crippen LogP contribution is -2.55. The minimum atomic E-state index is 0.0313. The molecular formula is C19H29N5O2S. The van der Waals surface area contributed by atoms with Crippen molar-refractivity contribution in [3.8, 4) is 0 Å². The molecule has 3 aliphatic rings. The van der Waals surface area contributed by atoms with E-state index in [4.69, 9.17) is 0 Å². The zero-order valence-electron chi connectivity index (χ0n) is 16.2. The van der Waals surface area contributed by atoms with Gasteiger partial charge >= 0.3 is 0 Å². The van der Waals surface area contributed by atoms with Gasteiger partial charge in [0, 0.05) is 51.1 Å². The minimum absolute atomic E-state index is 0.0313. The molecule has 1 atom stereocenters. The standard InChI is InChI=1S/C19H29N5O2S/c1-20-18-21-15(12-27-18)17(26)23-9-6-19(7-10-23)5-3-16(25)24(13-19)14-4-8-22(2)11-14/h12,14H,3-11,13H2,1-2H3,(H,20,21)/t14-/m0/s1. The molecule has 0 radical (unpaired) electrons. The van der Waals surface area contributed by atoms with Crippen LogP contribution in [0.1, 0.15) is 42.6 Å². The van der Waals surface area contributed by atoms with Gasteiger partial charge in [0.15, 0.2) is 5.13 Å². The Morgan fingerprint density at radius 2 is 2.07 bits per heavy atom. The Morgan fingerprint density at radius 1 is 1.30 bits per heavy atom. The van der Waals surface area contributed by atoms with E-state index in [9.17, 15) is 9.59 Å². The molecule has 3 fully saturated rings. The SMILES string of the molecule is CNc1nc(C(=O)N2CCC3(CCC(=O)N([C@H]4CCN(C)C4)C3)CC2)cs1. The van der Waals surface area contributed by atoms with Crippen molar-refractivity contribution >= 4 is 28.3 Å². The van der Waals surface area contributed by atoms with Gasteiger partial charge in [-0.15, -0.1) is 11.3 Å². The largest absolute Gasteiger partial charge is 0.365 e. The third-order valence-corrected chi connectivity index (χ3v) is 7.41. The van der Waals surface area contributed by atoms with Gasteiger partial charge in [0.2, 0.25) is 5.91 Å². The number of thiazole rings is 1. The molecule has 1 spiro atoms. The Bertz CT molecular complexity index is 713. The van der Waals surface area contributed by atoms with E-state index < -0.39 is 0 Å². The van der Waals surface area contributed by atoms with Crippen LogP contribution >= 0.6 is 11.3 Å². The van der Waals surface area contributed by atoms with Crippen molar-refractivity contribution in [3.05, 3.63) is 11.1 Å². The van der Waals surface area contributed by atoms with Crippen LogP contribution in [0.15, 0.2) is 5.38 Å². The van der Waals surface area contributed by atoms with Gasteiger partial charge in [-0.25, -0.2) is 4.98 Å². The van der Waals surface area contributed by atoms with E-state index in [2.05, 4.69) is 27.1 Å². The van der Waals surface area contributed by atoms with E-state index in [-0.39, 0.29) is 11.3 Å². The number of anilines is 1. The molecule has 1 aromatic heterocycles. The van der Waals surface area contributed by atoms with Crippen molar-refractivity contribution in [1.29, 1.82) is 0 Å². The number of amides is 2. The second kappa shape index (κ2) is 7.39. The molecule has 148 valence electrons. The average molecular weight is 392 g/mol. The highest BCUT2D eigenvalue weighted by Crippen LogP contribution is 2.41. The number of piperidine rings is 2. The average Bonchev–Trinajstić information content (AvgIpc) is 3.33. The Hall–Kier alpha value is -1.67. The van der Waals surface area contributed by atoms with Gasteiger partial charge in [-0.3, -0.25) is 9.59 Å². The molecule has 7 nitrogen and oxygen atoms in total. The summed E-state index contributed by atoms with van der Waals surface area (Å²) < 4.78 is 0. The van der Waals surface area contributed by atoms with Crippen LogP contribution in [0, 0.1) is 5.41 Å². The molecule has 2 amide bonds. The Balaban J connectivity index is 1.38. The zero-order valence-corrected chi connectivity index (χ0v) is 17.1. The van der Waals surface area contributed by atoms with E-state index in [1.807, 2.05) is 17.3 Å². The normalized spacial score (nSPS) is 26.0. The number of nitrogens with zero attached hydrogens (tertiary/aromatic N) is 4. The van der Waals surface area contributed by atoms with E-state index >= 15 is 0 Å². The number of hydrogen-bond donors (Lipinski definition) is 1. The summed E-state index contributed by atoms with van der Waals surface area (Å²) in [5.41, 5.74) is 0.721. The minimum Gasteiger partial charge on any atom is -0.365 e. The lowest BCUT2D eigenvalue weighted by molar-refractivity contribution is -0.141. The van der Waals surface area contributed by atoms with Gasteiger partial charge in [0.05, 0.1) is 0 Å². The maximum Gasteiger partial charge on any atom is 0.273 e. The molecule has 1 N–H and O–H groups in total. The lowest BCUT2D eigenvalue weighted by atomic mass is 9.72. The smallest absolute Gasteiger partial charge is 0.273 e. The number of hydrogen-bond acceptors (Lipinski definition) is 6. The molecule has 0 aromatic carbocycles. The third-order valence-electron chi connectivity index (χ3n) is 6.55. The van der Waals surface area contributed by atoms with Crippen LogP contribution in [-0.2, 0) is 4.79 Å². The van der Waals surface area contributed by atoms with Crippen molar-refractivity contribution < 1.29 is 9.59 Å². The lowest BCUT2D eigenvalue weighted by Gasteiger charge is -2.48. The molecule has 0 bridgehead atoms. The van der Waals surface area contributed by atoms with Crippen molar-refractivity contribution in [1.82, 2.24) is 19.7 Å². The van der Waals surface area contributed by atoms with Crippen molar-refractivity contribution in [2.45, 2.75) is 38.1 Å². The summed E-state index contributed by atoms with van der Waals surface area (Å²) in [5.74, 6) is 0.352. The quantitative estimate of drug-likeness (QED) is 0.850. The summed E-state index contributed by atoms with van der Waals surface area (Å²) in [7, 11) is 3.95. The first-order chi connectivity index (χ1) is 13.0. The molecule has 0 saturated carbocycles. The molecule has 8 heteroatoms. The predicted octanol–water partition coefficient (Wildman–Crippen LogP) is 1.73. The van der Waals surface area contributed by atoms with E-state index in [0.717, 1.165) is 63.5 Å². The second-order valence-corrected chi connectivity index (χ2v) is 9.16. The number of nitrogens with one attached hydrogen (secondary N) is 1. The maximum absolute atomic E-state index is 12.7. The number of carbonyl (C=O) groups is 2. The second-order valence-electron chi connectivity index (χ2n) is 8.31. The highest BCUT2D eigenvalue weighted by molar-refractivity contribution is 7.13. The first-order valence-corrected chi connectivity index (χ1v) is 10.8. The molecular weight excluding hydrogens is 362 g/mol. The van der Waals surface area contributed by atoms with Gasteiger partial charge in [-0.05, 0) is 44.7 Å². The fourth-order valence-corrected chi connectivity index (χ4v) is 5.43. The third kappa shape index (κ3) is 3.69. The Labute approximate surface area is 164 Å². The van der Waals surface area contributed by atoms with E-state index in [1.54, 1.807) is 0 Å². The number of likely N-dealkylation sites (N-methyl/N-ethyl adjacent to an activating group) is 1. The Kier molecular flexibility index (Phi) is 5.11. The van der Waals surface area contributed by atoms with Crippen molar-refractivity contribution in [2.75, 3.05) is 52.1 Å². The monoisotopic (exact) mass is 391 g/mol. The number of likely N-dealkylation sites (tertiary alicyclic amines) is 3.